The van der Waals surface area contributed by atoms with Crippen LogP contribution in [0, 0.1) is 0 Å². The van der Waals surface area contributed by atoms with Gasteiger partial charge in [-0.2, -0.15) is 10.2 Å². The van der Waals surface area contributed by atoms with Crippen LogP contribution in [0.5, 0.6) is 0 Å². The molecule has 0 atom stereocenters. The lowest BCUT2D eigenvalue weighted by atomic mass is 10.0. The predicted octanol–water partition coefficient (Wildman–Crippen LogP) is 3.37. The van der Waals surface area contributed by atoms with E-state index in [0.29, 0.717) is 0 Å². The summed E-state index contributed by atoms with van der Waals surface area (Å²) in [6, 6.07) is 8.88. The lowest BCUT2D eigenvalue weighted by molar-refractivity contribution is 0.775. The summed E-state index contributed by atoms with van der Waals surface area (Å²) >= 11 is 0. The van der Waals surface area contributed by atoms with Crippen LogP contribution in [0.2, 0.25) is 0 Å². The van der Waals surface area contributed by atoms with Crippen LogP contribution in [0.25, 0.3) is 33.5 Å². The van der Waals surface area contributed by atoms with Gasteiger partial charge in [-0.1, -0.05) is 24.3 Å². The van der Waals surface area contributed by atoms with Crippen LogP contribution >= 0.6 is 0 Å². The van der Waals surface area contributed by atoms with Gasteiger partial charge in [-0.05, 0) is 24.3 Å². The Bertz CT molecular complexity index is 1160. The predicted molar refractivity (Wildman–Crippen MR) is 110 cm³/mol. The minimum atomic E-state index is 0.750. The van der Waals surface area contributed by atoms with E-state index in [1.807, 2.05) is 48.7 Å². The maximum atomic E-state index is 4.79. The van der Waals surface area contributed by atoms with Crippen LogP contribution in [0.15, 0.2) is 36.8 Å². The number of hydrogen-bond donors (Lipinski definition) is 0. The number of hydrogen-bond acceptors (Lipinski definition) is 5. The van der Waals surface area contributed by atoms with Gasteiger partial charge in [0.25, 0.3) is 0 Å². The second kappa shape index (κ2) is 6.15. The number of anilines is 1. The normalized spacial score (nSPS) is 14.0. The van der Waals surface area contributed by atoms with Crippen molar-refractivity contribution in [3.63, 3.8) is 0 Å². The van der Waals surface area contributed by atoms with Gasteiger partial charge in [0, 0.05) is 39.3 Å². The third-order valence-electron chi connectivity index (χ3n) is 5.45. The molecule has 0 amide bonds. The highest BCUT2D eigenvalue weighted by molar-refractivity contribution is 6.01. The van der Waals surface area contributed by atoms with E-state index in [2.05, 4.69) is 39.3 Å². The van der Waals surface area contributed by atoms with E-state index >= 15 is 0 Å². The molecule has 28 heavy (non-hydrogen) atoms. The van der Waals surface area contributed by atoms with Gasteiger partial charge in [0.2, 0.25) is 0 Å². The van der Waals surface area contributed by atoms with E-state index in [-0.39, 0.29) is 0 Å². The summed E-state index contributed by atoms with van der Waals surface area (Å²) < 4.78 is 3.73. The lowest BCUT2D eigenvalue weighted by Gasteiger charge is -2.12. The Balaban J connectivity index is 1.71. The van der Waals surface area contributed by atoms with Gasteiger partial charge in [0.1, 0.15) is 17.8 Å². The van der Waals surface area contributed by atoms with Gasteiger partial charge in [-0.25, -0.2) is 14.6 Å². The van der Waals surface area contributed by atoms with Crippen molar-refractivity contribution in [3.05, 3.63) is 42.4 Å². The Labute approximate surface area is 163 Å². The summed E-state index contributed by atoms with van der Waals surface area (Å²) in [6.07, 6.45) is 6.09. The molecule has 1 saturated carbocycles. The number of benzene rings is 1. The zero-order valence-corrected chi connectivity index (χ0v) is 16.6. The zero-order valence-electron chi connectivity index (χ0n) is 16.6. The maximum absolute atomic E-state index is 4.79. The fourth-order valence-electron chi connectivity index (χ4n) is 3.88. The first kappa shape index (κ1) is 16.9. The molecule has 7 nitrogen and oxygen atoms in total. The van der Waals surface area contributed by atoms with Crippen molar-refractivity contribution in [2.45, 2.75) is 18.8 Å². The average Bonchev–Trinajstić information content (AvgIpc) is 3.40. The summed E-state index contributed by atoms with van der Waals surface area (Å²) in [7, 11) is 7.86. The average molecular weight is 373 g/mol. The third-order valence-corrected chi connectivity index (χ3v) is 5.45. The molecule has 3 aromatic heterocycles. The molecule has 7 heteroatoms. The fourth-order valence-corrected chi connectivity index (χ4v) is 3.88. The zero-order chi connectivity index (χ0) is 19.4. The van der Waals surface area contributed by atoms with Gasteiger partial charge in [0.15, 0.2) is 5.65 Å². The minimum absolute atomic E-state index is 0.750. The smallest absolute Gasteiger partial charge is 0.163 e. The van der Waals surface area contributed by atoms with Crippen molar-refractivity contribution in [1.82, 2.24) is 29.5 Å². The second-order valence-corrected chi connectivity index (χ2v) is 7.69. The van der Waals surface area contributed by atoms with Crippen LogP contribution < -0.4 is 4.90 Å². The number of fused-ring (bicyclic) bond motifs is 1. The summed E-state index contributed by atoms with van der Waals surface area (Å²) in [5, 5.41) is 10.3. The Morgan fingerprint density at radius 2 is 1.75 bits per heavy atom. The van der Waals surface area contributed by atoms with E-state index in [4.69, 9.17) is 5.10 Å². The maximum Gasteiger partial charge on any atom is 0.163 e. The third kappa shape index (κ3) is 2.58. The molecule has 0 aliphatic heterocycles. The standard InChI is InChI=1S/C21H23N7/c1-26(2)20-17-18(25-28(4)21(17)23-12-22-20)16-11-24-27(3)19(16)15-9-7-14(8-10-15)13-5-6-13/h7-13H,5-6H2,1-4H3. The number of aryl methyl sites for hydroxylation is 2. The second-order valence-electron chi connectivity index (χ2n) is 7.69. The van der Waals surface area contributed by atoms with Crippen molar-refractivity contribution in [3.8, 4) is 22.5 Å². The molecular weight excluding hydrogens is 350 g/mol. The van der Waals surface area contributed by atoms with Crippen LogP contribution in [-0.2, 0) is 14.1 Å². The highest BCUT2D eigenvalue weighted by atomic mass is 15.3. The van der Waals surface area contributed by atoms with Crippen molar-refractivity contribution in [2.24, 2.45) is 14.1 Å². The number of nitrogens with zero attached hydrogens (tertiary/aromatic N) is 7. The van der Waals surface area contributed by atoms with Gasteiger partial charge >= 0.3 is 0 Å². The van der Waals surface area contributed by atoms with Gasteiger partial charge in [-0.15, -0.1) is 0 Å². The molecule has 0 saturated heterocycles. The molecule has 5 rings (SSSR count). The lowest BCUT2D eigenvalue weighted by Crippen LogP contribution is -2.11. The van der Waals surface area contributed by atoms with E-state index in [9.17, 15) is 0 Å². The molecule has 0 radical (unpaired) electrons. The molecule has 0 N–H and O–H groups in total. The van der Waals surface area contributed by atoms with Crippen LogP contribution in [0.3, 0.4) is 0 Å². The van der Waals surface area contributed by atoms with Gasteiger partial charge < -0.3 is 4.90 Å². The van der Waals surface area contributed by atoms with Crippen molar-refractivity contribution in [2.75, 3.05) is 19.0 Å². The van der Waals surface area contributed by atoms with E-state index in [1.165, 1.54) is 18.4 Å². The molecule has 4 aromatic rings. The summed E-state index contributed by atoms with van der Waals surface area (Å²) in [5.41, 5.74) is 6.28. The SMILES string of the molecule is CN(C)c1ncnc2c1c(-c1cnn(C)c1-c1ccc(C3CC3)cc1)nn2C. The highest BCUT2D eigenvalue weighted by Crippen LogP contribution is 2.41. The molecular formula is C21H23N7. The Morgan fingerprint density at radius 1 is 1.00 bits per heavy atom. The molecule has 142 valence electrons. The molecule has 3 heterocycles. The first-order valence-electron chi connectivity index (χ1n) is 9.52. The van der Waals surface area contributed by atoms with Crippen molar-refractivity contribution >= 4 is 16.9 Å². The monoisotopic (exact) mass is 373 g/mol. The molecule has 1 aromatic carbocycles. The molecule has 0 spiro atoms. The molecule has 0 unspecified atom stereocenters. The van der Waals surface area contributed by atoms with Crippen molar-refractivity contribution < 1.29 is 0 Å². The minimum Gasteiger partial charge on any atom is -0.362 e. The van der Waals surface area contributed by atoms with E-state index < -0.39 is 0 Å². The highest BCUT2D eigenvalue weighted by Gasteiger charge is 2.25. The summed E-state index contributed by atoms with van der Waals surface area (Å²) in [6.45, 7) is 0. The Hall–Kier alpha value is -3.22. The van der Waals surface area contributed by atoms with E-state index in [1.54, 1.807) is 6.33 Å². The van der Waals surface area contributed by atoms with Crippen LogP contribution in [0.4, 0.5) is 5.82 Å². The van der Waals surface area contributed by atoms with Gasteiger partial charge in [0.05, 0.1) is 17.3 Å². The Morgan fingerprint density at radius 3 is 2.43 bits per heavy atom. The fraction of sp³-hybridized carbons (Fsp3) is 0.333. The molecule has 1 aliphatic rings. The summed E-state index contributed by atoms with van der Waals surface area (Å²) in [4.78, 5) is 10.9. The molecule has 1 fully saturated rings. The molecule has 1 aliphatic carbocycles. The Kier molecular flexibility index (Phi) is 3.72. The quantitative estimate of drug-likeness (QED) is 0.549. The van der Waals surface area contributed by atoms with Crippen molar-refractivity contribution in [1.29, 1.82) is 0 Å². The molecule has 0 bridgehead atoms. The van der Waals surface area contributed by atoms with E-state index in [0.717, 1.165) is 45.3 Å². The first-order valence-corrected chi connectivity index (χ1v) is 9.52. The number of rotatable bonds is 4. The number of aromatic nitrogens is 6. The topological polar surface area (TPSA) is 64.7 Å². The van der Waals surface area contributed by atoms with Gasteiger partial charge in [-0.3, -0.25) is 4.68 Å². The largest absolute Gasteiger partial charge is 0.362 e. The first-order chi connectivity index (χ1) is 13.5. The van der Waals surface area contributed by atoms with Crippen LogP contribution in [0.1, 0.15) is 24.3 Å². The van der Waals surface area contributed by atoms with Crippen LogP contribution in [-0.4, -0.2) is 43.6 Å². The summed E-state index contributed by atoms with van der Waals surface area (Å²) in [5.74, 6) is 1.60.